The number of rotatable bonds is 4. The third-order valence-corrected chi connectivity index (χ3v) is 5.43. The van der Waals surface area contributed by atoms with E-state index in [1.165, 1.54) is 7.11 Å². The maximum atomic E-state index is 12.2. The van der Waals surface area contributed by atoms with E-state index in [-0.39, 0.29) is 18.0 Å². The molecule has 1 amide bonds. The van der Waals surface area contributed by atoms with Crippen LogP contribution >= 0.6 is 0 Å². The third kappa shape index (κ3) is 7.40. The SMILES string of the molecule is CCNC(=NCC1CCN(C(=O)OC(C)(C)C)CC1)N1CCC(C(=O)OC)CC1. The van der Waals surface area contributed by atoms with Crippen LogP contribution in [0, 0.1) is 11.8 Å². The standard InChI is InChI=1S/C21H38N4O4/c1-6-22-19(24-13-9-17(10-14-24)18(26)28-5)23-15-16-7-11-25(12-8-16)20(27)29-21(2,3)4/h16-17H,6-15H2,1-5H3,(H,22,23). The van der Waals surface area contributed by atoms with Gasteiger partial charge in [0.25, 0.3) is 0 Å². The van der Waals surface area contributed by atoms with Crippen molar-refractivity contribution in [3.63, 3.8) is 0 Å². The number of likely N-dealkylation sites (tertiary alicyclic amines) is 2. The van der Waals surface area contributed by atoms with E-state index < -0.39 is 5.60 Å². The van der Waals surface area contributed by atoms with E-state index in [0.29, 0.717) is 5.92 Å². The molecule has 8 nitrogen and oxygen atoms in total. The number of carbonyl (C=O) groups is 2. The molecule has 166 valence electrons. The first-order chi connectivity index (χ1) is 13.7. The molecule has 2 fully saturated rings. The van der Waals surface area contributed by atoms with Crippen LogP contribution < -0.4 is 5.32 Å². The minimum absolute atomic E-state index is 0.00342. The van der Waals surface area contributed by atoms with Gasteiger partial charge in [-0.05, 0) is 59.3 Å². The van der Waals surface area contributed by atoms with Crippen LogP contribution in [0.1, 0.15) is 53.4 Å². The van der Waals surface area contributed by atoms with Gasteiger partial charge < -0.3 is 24.6 Å². The molecule has 8 heteroatoms. The molecule has 29 heavy (non-hydrogen) atoms. The lowest BCUT2D eigenvalue weighted by Gasteiger charge is -2.34. The van der Waals surface area contributed by atoms with Gasteiger partial charge in [-0.25, -0.2) is 4.79 Å². The fourth-order valence-electron chi connectivity index (χ4n) is 3.76. The molecule has 0 aliphatic carbocycles. The van der Waals surface area contributed by atoms with Gasteiger partial charge in [0.1, 0.15) is 5.60 Å². The third-order valence-electron chi connectivity index (χ3n) is 5.43. The first kappa shape index (κ1) is 23.3. The highest BCUT2D eigenvalue weighted by atomic mass is 16.6. The highest BCUT2D eigenvalue weighted by Gasteiger charge is 2.28. The molecule has 2 saturated heterocycles. The van der Waals surface area contributed by atoms with Gasteiger partial charge in [-0.3, -0.25) is 9.79 Å². The van der Waals surface area contributed by atoms with Crippen molar-refractivity contribution >= 4 is 18.0 Å². The number of nitrogens with zero attached hydrogens (tertiary/aromatic N) is 3. The highest BCUT2D eigenvalue weighted by molar-refractivity contribution is 5.80. The number of guanidine groups is 1. The van der Waals surface area contributed by atoms with E-state index >= 15 is 0 Å². The van der Waals surface area contributed by atoms with Gasteiger partial charge in [0.15, 0.2) is 5.96 Å². The molecule has 0 unspecified atom stereocenters. The monoisotopic (exact) mass is 410 g/mol. The summed E-state index contributed by atoms with van der Waals surface area (Å²) >= 11 is 0. The molecule has 0 spiro atoms. The van der Waals surface area contributed by atoms with Gasteiger partial charge in [-0.2, -0.15) is 0 Å². The summed E-state index contributed by atoms with van der Waals surface area (Å²) in [5, 5.41) is 3.38. The van der Waals surface area contributed by atoms with Crippen LogP contribution in [-0.4, -0.2) is 79.8 Å². The van der Waals surface area contributed by atoms with Crippen LogP contribution in [0.5, 0.6) is 0 Å². The Bertz CT molecular complexity index is 572. The fraction of sp³-hybridized carbons (Fsp3) is 0.857. The Labute approximate surface area is 175 Å². The molecule has 0 bridgehead atoms. The number of methoxy groups -OCH3 is 1. The molecule has 1 N–H and O–H groups in total. The second-order valence-electron chi connectivity index (χ2n) is 8.89. The van der Waals surface area contributed by atoms with Crippen molar-refractivity contribution in [3.05, 3.63) is 0 Å². The summed E-state index contributed by atoms with van der Waals surface area (Å²) < 4.78 is 10.3. The summed E-state index contributed by atoms with van der Waals surface area (Å²) in [6.07, 6.45) is 3.25. The van der Waals surface area contributed by atoms with Crippen LogP contribution in [0.4, 0.5) is 4.79 Å². The summed E-state index contributed by atoms with van der Waals surface area (Å²) in [4.78, 5) is 32.8. The number of aliphatic imine (C=N–C) groups is 1. The topological polar surface area (TPSA) is 83.5 Å². The van der Waals surface area contributed by atoms with Gasteiger partial charge in [-0.1, -0.05) is 0 Å². The summed E-state index contributed by atoms with van der Waals surface area (Å²) in [5.74, 6) is 1.28. The van der Waals surface area contributed by atoms with Crippen LogP contribution in [0.15, 0.2) is 4.99 Å². The lowest BCUT2D eigenvalue weighted by atomic mass is 9.97. The molecule has 0 atom stereocenters. The van der Waals surface area contributed by atoms with Crippen molar-refractivity contribution in [2.75, 3.05) is 46.4 Å². The van der Waals surface area contributed by atoms with E-state index in [1.807, 2.05) is 20.8 Å². The van der Waals surface area contributed by atoms with Crippen molar-refractivity contribution in [1.29, 1.82) is 0 Å². The van der Waals surface area contributed by atoms with E-state index in [9.17, 15) is 9.59 Å². The zero-order valence-electron chi connectivity index (χ0n) is 18.7. The molecule has 0 aromatic heterocycles. The Morgan fingerprint density at radius 3 is 2.14 bits per heavy atom. The first-order valence-electron chi connectivity index (χ1n) is 10.8. The Morgan fingerprint density at radius 2 is 1.62 bits per heavy atom. The van der Waals surface area contributed by atoms with Gasteiger partial charge in [0, 0.05) is 39.3 Å². The molecular weight excluding hydrogens is 372 g/mol. The fourth-order valence-corrected chi connectivity index (χ4v) is 3.76. The predicted molar refractivity (Wildman–Crippen MR) is 113 cm³/mol. The van der Waals surface area contributed by atoms with Gasteiger partial charge >= 0.3 is 12.1 Å². The van der Waals surface area contributed by atoms with Crippen molar-refractivity contribution in [2.24, 2.45) is 16.8 Å². The molecule has 2 aliphatic rings. The predicted octanol–water partition coefficient (Wildman–Crippen LogP) is 2.48. The van der Waals surface area contributed by atoms with Gasteiger partial charge in [0.05, 0.1) is 13.0 Å². The molecule has 0 aromatic rings. The number of ether oxygens (including phenoxy) is 2. The number of piperidine rings is 2. The van der Waals surface area contributed by atoms with E-state index in [4.69, 9.17) is 14.5 Å². The normalized spacial score (nSPS) is 19.8. The van der Waals surface area contributed by atoms with Crippen molar-refractivity contribution in [3.8, 4) is 0 Å². The first-order valence-corrected chi connectivity index (χ1v) is 10.8. The summed E-state index contributed by atoms with van der Waals surface area (Å²) in [6, 6.07) is 0. The van der Waals surface area contributed by atoms with Crippen LogP contribution in [0.2, 0.25) is 0 Å². The minimum atomic E-state index is -0.458. The zero-order valence-corrected chi connectivity index (χ0v) is 18.7. The molecule has 0 radical (unpaired) electrons. The smallest absolute Gasteiger partial charge is 0.410 e. The Kier molecular flexibility index (Phi) is 8.59. The maximum absolute atomic E-state index is 12.2. The second-order valence-corrected chi connectivity index (χ2v) is 8.89. The van der Waals surface area contributed by atoms with Crippen LogP contribution in [-0.2, 0) is 14.3 Å². The lowest BCUT2D eigenvalue weighted by molar-refractivity contribution is -0.146. The van der Waals surface area contributed by atoms with Gasteiger partial charge in [0.2, 0.25) is 0 Å². The average molecular weight is 411 g/mol. The number of esters is 1. The maximum Gasteiger partial charge on any atom is 0.410 e. The Hall–Kier alpha value is -1.99. The number of hydrogen-bond acceptors (Lipinski definition) is 5. The summed E-state index contributed by atoms with van der Waals surface area (Å²) in [7, 11) is 1.45. The number of amides is 1. The molecule has 0 aromatic carbocycles. The molecule has 2 heterocycles. The number of nitrogens with one attached hydrogen (secondary N) is 1. The van der Waals surface area contributed by atoms with Crippen molar-refractivity contribution in [2.45, 2.75) is 59.0 Å². The zero-order chi connectivity index (χ0) is 21.4. The highest BCUT2D eigenvalue weighted by Crippen LogP contribution is 2.21. The Morgan fingerprint density at radius 1 is 1.03 bits per heavy atom. The Balaban J connectivity index is 1.82. The van der Waals surface area contributed by atoms with Crippen LogP contribution in [0.25, 0.3) is 0 Å². The molecule has 2 aliphatic heterocycles. The lowest BCUT2D eigenvalue weighted by Crippen LogP contribution is -2.47. The second kappa shape index (κ2) is 10.7. The quantitative estimate of drug-likeness (QED) is 0.436. The number of carbonyl (C=O) groups excluding carboxylic acids is 2. The van der Waals surface area contributed by atoms with E-state index in [1.54, 1.807) is 4.90 Å². The summed E-state index contributed by atoms with van der Waals surface area (Å²) in [6.45, 7) is 12.4. The van der Waals surface area contributed by atoms with Crippen molar-refractivity contribution < 1.29 is 19.1 Å². The van der Waals surface area contributed by atoms with Crippen LogP contribution in [0.3, 0.4) is 0 Å². The van der Waals surface area contributed by atoms with E-state index in [2.05, 4.69) is 17.1 Å². The molecule has 2 rings (SSSR count). The van der Waals surface area contributed by atoms with Crippen molar-refractivity contribution in [1.82, 2.24) is 15.1 Å². The minimum Gasteiger partial charge on any atom is -0.469 e. The molecular formula is C21H38N4O4. The summed E-state index contributed by atoms with van der Waals surface area (Å²) in [5.41, 5.74) is -0.458. The molecule has 0 saturated carbocycles. The van der Waals surface area contributed by atoms with Gasteiger partial charge in [-0.15, -0.1) is 0 Å². The number of hydrogen-bond donors (Lipinski definition) is 1. The van der Waals surface area contributed by atoms with E-state index in [0.717, 1.165) is 70.9 Å². The largest absolute Gasteiger partial charge is 0.469 e. The average Bonchev–Trinajstić information content (AvgIpc) is 2.69.